The summed E-state index contributed by atoms with van der Waals surface area (Å²) in [6, 6.07) is 4.90. The molecule has 0 saturated carbocycles. The van der Waals surface area contributed by atoms with Crippen molar-refractivity contribution in [3.63, 3.8) is 0 Å². The molecule has 0 aliphatic carbocycles. The minimum Gasteiger partial charge on any atom is -0.352 e. The van der Waals surface area contributed by atoms with Gasteiger partial charge in [-0.05, 0) is 37.9 Å². The number of nitrogens with zero attached hydrogens (tertiary/aromatic N) is 2. The Morgan fingerprint density at radius 2 is 2.38 bits per heavy atom. The summed E-state index contributed by atoms with van der Waals surface area (Å²) in [4.78, 5) is 6.95. The zero-order valence-electron chi connectivity index (χ0n) is 10.2. The van der Waals surface area contributed by atoms with Crippen LogP contribution in [0.1, 0.15) is 25.3 Å². The number of aromatic nitrogens is 1. The quantitative estimate of drug-likeness (QED) is 0.839. The smallest absolute Gasteiger partial charge is 0.128 e. The predicted octanol–water partition coefficient (Wildman–Crippen LogP) is 1.97. The first kappa shape index (κ1) is 11.4. The van der Waals surface area contributed by atoms with Gasteiger partial charge in [0.2, 0.25) is 0 Å². The minimum atomic E-state index is 0.621. The number of hydrogen-bond donors (Lipinski definition) is 1. The molecule has 1 aliphatic rings. The number of nitrogens with one attached hydrogen (secondary N) is 1. The standard InChI is InChI=1S/C13H21N3/c1-3-14-10-12-5-4-8-16(12)13-7-6-11(2)9-15-13/h6-7,9,12,14H,3-5,8,10H2,1-2H3. The SMILES string of the molecule is CCNCC1CCCN1c1ccc(C)cn1. The maximum absolute atomic E-state index is 4.52. The molecule has 0 radical (unpaired) electrons. The molecule has 1 atom stereocenters. The molecule has 1 fully saturated rings. The van der Waals surface area contributed by atoms with Gasteiger partial charge < -0.3 is 10.2 Å². The monoisotopic (exact) mass is 219 g/mol. The van der Waals surface area contributed by atoms with Crippen molar-refractivity contribution in [2.45, 2.75) is 32.7 Å². The van der Waals surface area contributed by atoms with Crippen molar-refractivity contribution in [1.29, 1.82) is 0 Å². The normalized spacial score (nSPS) is 20.4. The van der Waals surface area contributed by atoms with Crippen LogP contribution in [-0.4, -0.2) is 30.7 Å². The van der Waals surface area contributed by atoms with E-state index in [0.29, 0.717) is 6.04 Å². The Balaban J connectivity index is 2.04. The Labute approximate surface area is 97.9 Å². The lowest BCUT2D eigenvalue weighted by Crippen LogP contribution is -2.38. The lowest BCUT2D eigenvalue weighted by molar-refractivity contribution is 0.584. The van der Waals surface area contributed by atoms with Gasteiger partial charge in [0.1, 0.15) is 5.82 Å². The van der Waals surface area contributed by atoms with E-state index in [1.165, 1.54) is 18.4 Å². The third-order valence-electron chi connectivity index (χ3n) is 3.20. The Hall–Kier alpha value is -1.09. The lowest BCUT2D eigenvalue weighted by Gasteiger charge is -2.25. The molecule has 1 aliphatic heterocycles. The summed E-state index contributed by atoms with van der Waals surface area (Å²) >= 11 is 0. The van der Waals surface area contributed by atoms with E-state index in [4.69, 9.17) is 0 Å². The molecular formula is C13H21N3. The Morgan fingerprint density at radius 3 is 3.06 bits per heavy atom. The van der Waals surface area contributed by atoms with Gasteiger partial charge in [-0.1, -0.05) is 13.0 Å². The Kier molecular flexibility index (Phi) is 3.78. The second-order valence-corrected chi connectivity index (χ2v) is 4.49. The number of anilines is 1. The lowest BCUT2D eigenvalue weighted by atomic mass is 10.2. The van der Waals surface area contributed by atoms with E-state index in [9.17, 15) is 0 Å². The number of rotatable bonds is 4. The fourth-order valence-corrected chi connectivity index (χ4v) is 2.29. The highest BCUT2D eigenvalue weighted by atomic mass is 15.2. The van der Waals surface area contributed by atoms with Crippen LogP contribution in [0.25, 0.3) is 0 Å². The highest BCUT2D eigenvalue weighted by Gasteiger charge is 2.24. The first-order valence-corrected chi connectivity index (χ1v) is 6.21. The maximum atomic E-state index is 4.52. The van der Waals surface area contributed by atoms with Crippen molar-refractivity contribution >= 4 is 5.82 Å². The minimum absolute atomic E-state index is 0.621. The second-order valence-electron chi connectivity index (χ2n) is 4.49. The van der Waals surface area contributed by atoms with Gasteiger partial charge in [-0.25, -0.2) is 4.98 Å². The van der Waals surface area contributed by atoms with Crippen molar-refractivity contribution in [3.05, 3.63) is 23.9 Å². The molecule has 0 bridgehead atoms. The zero-order valence-corrected chi connectivity index (χ0v) is 10.2. The second kappa shape index (κ2) is 5.30. The molecular weight excluding hydrogens is 198 g/mol. The summed E-state index contributed by atoms with van der Waals surface area (Å²) in [5.74, 6) is 1.13. The van der Waals surface area contributed by atoms with Crippen LogP contribution in [-0.2, 0) is 0 Å². The van der Waals surface area contributed by atoms with Gasteiger partial charge in [0, 0.05) is 25.3 Å². The number of likely N-dealkylation sites (N-methyl/N-ethyl adjacent to an activating group) is 1. The van der Waals surface area contributed by atoms with Crippen molar-refractivity contribution in [2.75, 3.05) is 24.5 Å². The van der Waals surface area contributed by atoms with Crippen LogP contribution >= 0.6 is 0 Å². The van der Waals surface area contributed by atoms with Crippen LogP contribution < -0.4 is 10.2 Å². The third-order valence-corrected chi connectivity index (χ3v) is 3.20. The van der Waals surface area contributed by atoms with Crippen LogP contribution in [0.5, 0.6) is 0 Å². The topological polar surface area (TPSA) is 28.2 Å². The third kappa shape index (κ3) is 2.53. The molecule has 88 valence electrons. The number of pyridine rings is 1. The van der Waals surface area contributed by atoms with Crippen molar-refractivity contribution < 1.29 is 0 Å². The van der Waals surface area contributed by atoms with Crippen molar-refractivity contribution in [1.82, 2.24) is 10.3 Å². The average Bonchev–Trinajstić information content (AvgIpc) is 2.75. The molecule has 1 aromatic heterocycles. The summed E-state index contributed by atoms with van der Waals surface area (Å²) in [6.07, 6.45) is 4.52. The van der Waals surface area contributed by atoms with Gasteiger partial charge in [0.15, 0.2) is 0 Å². The van der Waals surface area contributed by atoms with Gasteiger partial charge in [-0.2, -0.15) is 0 Å². The average molecular weight is 219 g/mol. The van der Waals surface area contributed by atoms with Crippen LogP contribution in [0, 0.1) is 6.92 Å². The summed E-state index contributed by atoms with van der Waals surface area (Å²) < 4.78 is 0. The largest absolute Gasteiger partial charge is 0.352 e. The molecule has 1 saturated heterocycles. The molecule has 16 heavy (non-hydrogen) atoms. The molecule has 3 heteroatoms. The maximum Gasteiger partial charge on any atom is 0.128 e. The molecule has 2 heterocycles. The van der Waals surface area contributed by atoms with Gasteiger partial charge in [0.25, 0.3) is 0 Å². The Morgan fingerprint density at radius 1 is 1.50 bits per heavy atom. The molecule has 1 aromatic rings. The van der Waals surface area contributed by atoms with Gasteiger partial charge in [-0.15, -0.1) is 0 Å². The predicted molar refractivity (Wildman–Crippen MR) is 67.9 cm³/mol. The van der Waals surface area contributed by atoms with E-state index < -0.39 is 0 Å². The zero-order chi connectivity index (χ0) is 11.4. The van der Waals surface area contributed by atoms with E-state index in [0.717, 1.165) is 25.5 Å². The van der Waals surface area contributed by atoms with E-state index in [1.54, 1.807) is 0 Å². The van der Waals surface area contributed by atoms with E-state index >= 15 is 0 Å². The first-order valence-electron chi connectivity index (χ1n) is 6.21. The molecule has 2 rings (SSSR count). The summed E-state index contributed by atoms with van der Waals surface area (Å²) in [5, 5.41) is 3.43. The fraction of sp³-hybridized carbons (Fsp3) is 0.615. The van der Waals surface area contributed by atoms with Crippen molar-refractivity contribution in [2.24, 2.45) is 0 Å². The molecule has 1 N–H and O–H groups in total. The Bertz CT molecular complexity index is 320. The number of hydrogen-bond acceptors (Lipinski definition) is 3. The molecule has 3 nitrogen and oxygen atoms in total. The first-order chi connectivity index (χ1) is 7.81. The van der Waals surface area contributed by atoms with Gasteiger partial charge >= 0.3 is 0 Å². The summed E-state index contributed by atoms with van der Waals surface area (Å²) in [6.45, 7) is 7.50. The van der Waals surface area contributed by atoms with Crippen LogP contribution in [0.3, 0.4) is 0 Å². The molecule has 0 spiro atoms. The van der Waals surface area contributed by atoms with Crippen LogP contribution in [0.4, 0.5) is 5.82 Å². The number of aryl methyl sites for hydroxylation is 1. The van der Waals surface area contributed by atoms with Crippen LogP contribution in [0.15, 0.2) is 18.3 Å². The van der Waals surface area contributed by atoms with E-state index in [-0.39, 0.29) is 0 Å². The van der Waals surface area contributed by atoms with E-state index in [2.05, 4.69) is 41.2 Å². The fourth-order valence-electron chi connectivity index (χ4n) is 2.29. The van der Waals surface area contributed by atoms with Gasteiger partial charge in [0.05, 0.1) is 0 Å². The molecule has 1 unspecified atom stereocenters. The molecule has 0 amide bonds. The summed E-state index contributed by atoms with van der Waals surface area (Å²) in [7, 11) is 0. The van der Waals surface area contributed by atoms with E-state index in [1.807, 2.05) is 6.20 Å². The highest BCUT2D eigenvalue weighted by molar-refractivity contribution is 5.41. The van der Waals surface area contributed by atoms with Gasteiger partial charge in [-0.3, -0.25) is 0 Å². The molecule has 0 aromatic carbocycles. The summed E-state index contributed by atoms with van der Waals surface area (Å²) in [5.41, 5.74) is 1.23. The van der Waals surface area contributed by atoms with Crippen LogP contribution in [0.2, 0.25) is 0 Å². The highest BCUT2D eigenvalue weighted by Crippen LogP contribution is 2.23. The van der Waals surface area contributed by atoms with Crippen molar-refractivity contribution in [3.8, 4) is 0 Å².